The number of rotatable bonds is 2. The molecule has 1 fully saturated rings. The van der Waals surface area contributed by atoms with Gasteiger partial charge in [-0.2, -0.15) is 0 Å². The molecule has 1 heterocycles. The van der Waals surface area contributed by atoms with Crippen molar-refractivity contribution in [1.29, 1.82) is 0 Å². The van der Waals surface area contributed by atoms with Crippen LogP contribution in [-0.2, 0) is 0 Å². The Hall–Kier alpha value is -0.0800. The molecule has 0 spiro atoms. The van der Waals surface area contributed by atoms with Crippen LogP contribution in [0.25, 0.3) is 0 Å². The topological polar surface area (TPSA) is 23.5 Å². The van der Waals surface area contributed by atoms with E-state index < -0.39 is 0 Å². The Kier molecular flexibility index (Phi) is 2.90. The van der Waals surface area contributed by atoms with Crippen LogP contribution in [0.3, 0.4) is 0 Å². The van der Waals surface area contributed by atoms with Crippen molar-refractivity contribution in [3.8, 4) is 0 Å². The molecule has 1 aliphatic heterocycles. The first-order valence-electron chi connectivity index (χ1n) is 4.59. The third-order valence-corrected chi connectivity index (χ3v) is 2.57. The zero-order valence-corrected chi connectivity index (χ0v) is 7.75. The van der Waals surface area contributed by atoms with Gasteiger partial charge in [0.15, 0.2) is 0 Å². The van der Waals surface area contributed by atoms with E-state index in [4.69, 9.17) is 0 Å². The van der Waals surface area contributed by atoms with E-state index in [0.29, 0.717) is 12.1 Å². The summed E-state index contributed by atoms with van der Waals surface area (Å²) >= 11 is 0. The molecule has 1 rings (SSSR count). The lowest BCUT2D eigenvalue weighted by atomic mass is 10.1. The Balaban J connectivity index is 2.50. The highest BCUT2D eigenvalue weighted by Gasteiger charge is 2.30. The van der Waals surface area contributed by atoms with E-state index in [1.165, 1.54) is 0 Å². The van der Waals surface area contributed by atoms with Crippen LogP contribution in [0, 0.1) is 0 Å². The Morgan fingerprint density at radius 3 is 2.55 bits per heavy atom. The second-order valence-electron chi connectivity index (χ2n) is 3.74. The summed E-state index contributed by atoms with van der Waals surface area (Å²) in [7, 11) is 0. The van der Waals surface area contributed by atoms with E-state index in [0.717, 1.165) is 19.4 Å². The molecule has 0 unspecified atom stereocenters. The van der Waals surface area contributed by atoms with Gasteiger partial charge in [-0.1, -0.05) is 6.92 Å². The summed E-state index contributed by atoms with van der Waals surface area (Å²) in [6.07, 6.45) is 2.05. The molecule has 1 aliphatic rings. The largest absolute Gasteiger partial charge is 0.392 e. The summed E-state index contributed by atoms with van der Waals surface area (Å²) < 4.78 is 0. The monoisotopic (exact) mass is 157 g/mol. The molecule has 0 aromatic rings. The summed E-state index contributed by atoms with van der Waals surface area (Å²) in [6.45, 7) is 7.45. The Bertz CT molecular complexity index is 125. The highest BCUT2D eigenvalue weighted by Crippen LogP contribution is 2.22. The quantitative estimate of drug-likeness (QED) is 0.652. The van der Waals surface area contributed by atoms with Gasteiger partial charge < -0.3 is 5.11 Å². The molecule has 1 saturated heterocycles. The van der Waals surface area contributed by atoms with Crippen molar-refractivity contribution in [2.24, 2.45) is 0 Å². The van der Waals surface area contributed by atoms with Gasteiger partial charge in [-0.05, 0) is 26.7 Å². The Morgan fingerprint density at radius 1 is 1.55 bits per heavy atom. The first-order valence-corrected chi connectivity index (χ1v) is 4.59. The van der Waals surface area contributed by atoms with Crippen LogP contribution in [0.5, 0.6) is 0 Å². The van der Waals surface area contributed by atoms with E-state index in [2.05, 4.69) is 25.7 Å². The average Bonchev–Trinajstić information content (AvgIpc) is 2.30. The molecule has 0 aromatic heterocycles. The van der Waals surface area contributed by atoms with E-state index in [-0.39, 0.29) is 6.10 Å². The standard InChI is InChI=1S/C9H19NO/c1-4-8-5-9(11)6-10(8)7(2)3/h7-9,11H,4-6H2,1-3H3/t8-,9+/m1/s1. The van der Waals surface area contributed by atoms with Crippen LogP contribution >= 0.6 is 0 Å². The summed E-state index contributed by atoms with van der Waals surface area (Å²) in [6, 6.07) is 1.20. The molecular formula is C9H19NO. The van der Waals surface area contributed by atoms with Crippen LogP contribution in [-0.4, -0.2) is 34.7 Å². The molecule has 1 N–H and O–H groups in total. The van der Waals surface area contributed by atoms with Gasteiger partial charge in [-0.3, -0.25) is 4.90 Å². The van der Waals surface area contributed by atoms with E-state index in [1.807, 2.05) is 0 Å². The maximum Gasteiger partial charge on any atom is 0.0682 e. The van der Waals surface area contributed by atoms with Crippen LogP contribution in [0.4, 0.5) is 0 Å². The molecule has 0 aromatic carbocycles. The van der Waals surface area contributed by atoms with Gasteiger partial charge in [0.05, 0.1) is 6.10 Å². The van der Waals surface area contributed by atoms with Crippen LogP contribution < -0.4 is 0 Å². The third kappa shape index (κ3) is 1.94. The number of aliphatic hydroxyl groups excluding tert-OH is 1. The number of β-amino-alcohol motifs (C(OH)–C–C–N with tert-alkyl or cyclic N) is 1. The minimum absolute atomic E-state index is 0.0812. The van der Waals surface area contributed by atoms with E-state index in [9.17, 15) is 5.11 Å². The average molecular weight is 157 g/mol. The van der Waals surface area contributed by atoms with Crippen molar-refractivity contribution < 1.29 is 5.11 Å². The fourth-order valence-electron chi connectivity index (χ4n) is 1.95. The maximum absolute atomic E-state index is 9.41. The highest BCUT2D eigenvalue weighted by molar-refractivity contribution is 4.85. The second kappa shape index (κ2) is 3.55. The zero-order chi connectivity index (χ0) is 8.43. The number of hydrogen-bond donors (Lipinski definition) is 1. The lowest BCUT2D eigenvalue weighted by molar-refractivity contribution is 0.158. The molecule has 0 bridgehead atoms. The molecule has 2 atom stereocenters. The Labute approximate surface area is 69.2 Å². The molecule has 11 heavy (non-hydrogen) atoms. The first-order chi connectivity index (χ1) is 5.15. The molecule has 2 nitrogen and oxygen atoms in total. The number of hydrogen-bond acceptors (Lipinski definition) is 2. The number of nitrogens with zero attached hydrogens (tertiary/aromatic N) is 1. The van der Waals surface area contributed by atoms with Crippen molar-refractivity contribution in [2.45, 2.75) is 51.8 Å². The normalized spacial score (nSPS) is 33.5. The van der Waals surface area contributed by atoms with Crippen molar-refractivity contribution in [3.05, 3.63) is 0 Å². The van der Waals surface area contributed by atoms with Gasteiger partial charge >= 0.3 is 0 Å². The van der Waals surface area contributed by atoms with Gasteiger partial charge in [-0.15, -0.1) is 0 Å². The van der Waals surface area contributed by atoms with Crippen LogP contribution in [0.15, 0.2) is 0 Å². The highest BCUT2D eigenvalue weighted by atomic mass is 16.3. The van der Waals surface area contributed by atoms with Crippen LogP contribution in [0.1, 0.15) is 33.6 Å². The molecule has 0 radical (unpaired) electrons. The lowest BCUT2D eigenvalue weighted by Crippen LogP contribution is -2.35. The smallest absolute Gasteiger partial charge is 0.0682 e. The Morgan fingerprint density at radius 2 is 2.18 bits per heavy atom. The minimum atomic E-state index is -0.0812. The second-order valence-corrected chi connectivity index (χ2v) is 3.74. The fraction of sp³-hybridized carbons (Fsp3) is 1.00. The summed E-state index contributed by atoms with van der Waals surface area (Å²) in [5.41, 5.74) is 0. The molecule has 0 saturated carbocycles. The number of likely N-dealkylation sites (tertiary alicyclic amines) is 1. The third-order valence-electron chi connectivity index (χ3n) is 2.57. The van der Waals surface area contributed by atoms with Crippen molar-refractivity contribution in [3.63, 3.8) is 0 Å². The fourth-order valence-corrected chi connectivity index (χ4v) is 1.95. The summed E-state index contributed by atoms with van der Waals surface area (Å²) in [4.78, 5) is 2.39. The minimum Gasteiger partial charge on any atom is -0.392 e. The zero-order valence-electron chi connectivity index (χ0n) is 7.75. The SMILES string of the molecule is CC[C@@H]1C[C@H](O)CN1C(C)C. The van der Waals surface area contributed by atoms with Crippen LogP contribution in [0.2, 0.25) is 0 Å². The van der Waals surface area contributed by atoms with Gasteiger partial charge in [0.2, 0.25) is 0 Å². The first kappa shape index (κ1) is 9.01. The maximum atomic E-state index is 9.41. The predicted molar refractivity (Wildman–Crippen MR) is 46.5 cm³/mol. The summed E-state index contributed by atoms with van der Waals surface area (Å²) in [5, 5.41) is 9.41. The van der Waals surface area contributed by atoms with Crippen molar-refractivity contribution >= 4 is 0 Å². The number of aliphatic hydroxyl groups is 1. The van der Waals surface area contributed by atoms with Gasteiger partial charge in [-0.25, -0.2) is 0 Å². The molecule has 2 heteroatoms. The van der Waals surface area contributed by atoms with E-state index in [1.54, 1.807) is 0 Å². The molecular weight excluding hydrogens is 138 g/mol. The van der Waals surface area contributed by atoms with Gasteiger partial charge in [0, 0.05) is 18.6 Å². The van der Waals surface area contributed by atoms with Crippen molar-refractivity contribution in [2.75, 3.05) is 6.54 Å². The molecule has 0 aliphatic carbocycles. The molecule has 66 valence electrons. The van der Waals surface area contributed by atoms with Gasteiger partial charge in [0.25, 0.3) is 0 Å². The van der Waals surface area contributed by atoms with E-state index >= 15 is 0 Å². The lowest BCUT2D eigenvalue weighted by Gasteiger charge is -2.26. The summed E-state index contributed by atoms with van der Waals surface area (Å²) in [5.74, 6) is 0. The molecule has 0 amide bonds. The van der Waals surface area contributed by atoms with Crippen molar-refractivity contribution in [1.82, 2.24) is 4.90 Å². The predicted octanol–water partition coefficient (Wildman–Crippen LogP) is 1.24. The van der Waals surface area contributed by atoms with Gasteiger partial charge in [0.1, 0.15) is 0 Å².